The molecule has 0 aliphatic heterocycles. The number of nitrogens with one attached hydrogen (secondary N) is 1. The van der Waals surface area contributed by atoms with E-state index in [1.165, 1.54) is 18.8 Å². The smallest absolute Gasteiger partial charge is 0.252 e. The molecule has 0 aliphatic carbocycles. The van der Waals surface area contributed by atoms with Crippen LogP contribution in [0.25, 0.3) is 22.0 Å². The molecule has 3 aromatic carbocycles. The number of amides is 1. The lowest BCUT2D eigenvalue weighted by Gasteiger charge is -2.28. The first-order valence-corrected chi connectivity index (χ1v) is 12.0. The Morgan fingerprint density at radius 2 is 1.43 bits per heavy atom. The third kappa shape index (κ3) is 5.03. The predicted octanol–water partition coefficient (Wildman–Crippen LogP) is 5.20. The summed E-state index contributed by atoms with van der Waals surface area (Å²) in [5.41, 5.74) is 1.81. The number of hydrogen-bond acceptors (Lipinski definition) is 5. The second-order valence-electron chi connectivity index (χ2n) is 9.72. The van der Waals surface area contributed by atoms with E-state index in [-0.39, 0.29) is 11.5 Å². The van der Waals surface area contributed by atoms with Crippen LogP contribution in [0.3, 0.4) is 0 Å². The summed E-state index contributed by atoms with van der Waals surface area (Å²) in [6.45, 7) is 5.72. The SMILES string of the molecule is COc1cc2c(c(-c3ccccc3)cc(=O)n2C(C(=O)NC(C)(C)C)c2ccccc2)c(OC)c1OC. The molecule has 1 heterocycles. The van der Waals surface area contributed by atoms with E-state index in [1.54, 1.807) is 19.2 Å². The van der Waals surface area contributed by atoms with Crippen molar-refractivity contribution in [2.45, 2.75) is 32.4 Å². The molecule has 0 aliphatic rings. The van der Waals surface area contributed by atoms with Crippen molar-refractivity contribution >= 4 is 16.8 Å². The third-order valence-corrected chi connectivity index (χ3v) is 6.05. The van der Waals surface area contributed by atoms with Gasteiger partial charge in [-0.3, -0.25) is 14.2 Å². The highest BCUT2D eigenvalue weighted by Gasteiger charge is 2.31. The van der Waals surface area contributed by atoms with E-state index in [4.69, 9.17) is 14.2 Å². The van der Waals surface area contributed by atoms with Crippen molar-refractivity contribution in [2.75, 3.05) is 21.3 Å². The molecule has 1 unspecified atom stereocenters. The Balaban J connectivity index is 2.17. The number of aromatic nitrogens is 1. The zero-order chi connectivity index (χ0) is 26.7. The van der Waals surface area contributed by atoms with Gasteiger partial charge in [0.05, 0.1) is 32.2 Å². The van der Waals surface area contributed by atoms with Crippen LogP contribution in [0.15, 0.2) is 77.6 Å². The van der Waals surface area contributed by atoms with Crippen molar-refractivity contribution in [2.24, 2.45) is 0 Å². The first kappa shape index (κ1) is 25.8. The van der Waals surface area contributed by atoms with E-state index in [0.29, 0.717) is 39.3 Å². The molecule has 37 heavy (non-hydrogen) atoms. The molecule has 192 valence electrons. The summed E-state index contributed by atoms with van der Waals surface area (Å²) in [5.74, 6) is 0.888. The largest absolute Gasteiger partial charge is 0.493 e. The molecular weight excluding hydrogens is 468 g/mol. The molecule has 0 fully saturated rings. The molecule has 0 spiro atoms. The predicted molar refractivity (Wildman–Crippen MR) is 146 cm³/mol. The monoisotopic (exact) mass is 500 g/mol. The highest BCUT2D eigenvalue weighted by molar-refractivity contribution is 6.03. The fourth-order valence-electron chi connectivity index (χ4n) is 4.58. The Hall–Kier alpha value is -4.26. The molecule has 7 nitrogen and oxygen atoms in total. The van der Waals surface area contributed by atoms with Crippen LogP contribution < -0.4 is 25.1 Å². The Labute approximate surface area is 216 Å². The van der Waals surface area contributed by atoms with Gasteiger partial charge < -0.3 is 19.5 Å². The lowest BCUT2D eigenvalue weighted by Crippen LogP contribution is -2.46. The fourth-order valence-corrected chi connectivity index (χ4v) is 4.58. The van der Waals surface area contributed by atoms with Crippen LogP contribution in [0.1, 0.15) is 32.4 Å². The molecule has 0 saturated carbocycles. The highest BCUT2D eigenvalue weighted by atomic mass is 16.5. The van der Waals surface area contributed by atoms with Gasteiger partial charge in [0.2, 0.25) is 11.7 Å². The maximum absolute atomic E-state index is 13.9. The summed E-state index contributed by atoms with van der Waals surface area (Å²) in [7, 11) is 4.60. The van der Waals surface area contributed by atoms with Crippen molar-refractivity contribution < 1.29 is 19.0 Å². The fraction of sp³-hybridized carbons (Fsp3) is 0.267. The quantitative estimate of drug-likeness (QED) is 0.377. The zero-order valence-electron chi connectivity index (χ0n) is 22.0. The van der Waals surface area contributed by atoms with E-state index in [0.717, 1.165) is 5.56 Å². The van der Waals surface area contributed by atoms with Gasteiger partial charge >= 0.3 is 0 Å². The number of carbonyl (C=O) groups excluding carboxylic acids is 1. The van der Waals surface area contributed by atoms with Gasteiger partial charge in [0.25, 0.3) is 5.56 Å². The van der Waals surface area contributed by atoms with E-state index in [9.17, 15) is 9.59 Å². The van der Waals surface area contributed by atoms with Crippen LogP contribution in [-0.2, 0) is 4.79 Å². The average molecular weight is 501 g/mol. The van der Waals surface area contributed by atoms with Crippen molar-refractivity contribution in [3.8, 4) is 28.4 Å². The molecule has 7 heteroatoms. The molecule has 1 aromatic heterocycles. The number of methoxy groups -OCH3 is 3. The van der Waals surface area contributed by atoms with E-state index >= 15 is 0 Å². The van der Waals surface area contributed by atoms with Crippen LogP contribution in [0.5, 0.6) is 17.2 Å². The molecule has 1 amide bonds. The molecule has 0 bridgehead atoms. The maximum Gasteiger partial charge on any atom is 0.252 e. The van der Waals surface area contributed by atoms with Crippen molar-refractivity contribution in [3.05, 3.63) is 88.7 Å². The Bertz CT molecular complexity index is 1470. The molecule has 0 radical (unpaired) electrons. The van der Waals surface area contributed by atoms with Gasteiger partial charge in [0, 0.05) is 23.2 Å². The van der Waals surface area contributed by atoms with Crippen molar-refractivity contribution in [3.63, 3.8) is 0 Å². The number of benzene rings is 3. The molecular formula is C30H32N2O5. The number of carbonyl (C=O) groups is 1. The second-order valence-corrected chi connectivity index (χ2v) is 9.72. The molecule has 0 saturated heterocycles. The van der Waals surface area contributed by atoms with Crippen LogP contribution >= 0.6 is 0 Å². The summed E-state index contributed by atoms with van der Waals surface area (Å²) in [5, 5.41) is 3.68. The highest BCUT2D eigenvalue weighted by Crippen LogP contribution is 2.47. The lowest BCUT2D eigenvalue weighted by molar-refractivity contribution is -0.124. The topological polar surface area (TPSA) is 78.8 Å². The van der Waals surface area contributed by atoms with Crippen LogP contribution in [0, 0.1) is 0 Å². The molecule has 1 atom stereocenters. The number of pyridine rings is 1. The minimum atomic E-state index is -0.942. The third-order valence-electron chi connectivity index (χ3n) is 6.05. The Kier molecular flexibility index (Phi) is 7.25. The maximum atomic E-state index is 13.9. The number of fused-ring (bicyclic) bond motifs is 1. The molecule has 1 N–H and O–H groups in total. The lowest BCUT2D eigenvalue weighted by atomic mass is 9.97. The van der Waals surface area contributed by atoms with Crippen molar-refractivity contribution in [1.29, 1.82) is 0 Å². The number of rotatable bonds is 7. The zero-order valence-corrected chi connectivity index (χ0v) is 22.0. The minimum absolute atomic E-state index is 0.302. The minimum Gasteiger partial charge on any atom is -0.493 e. The summed E-state index contributed by atoms with van der Waals surface area (Å²) in [6, 6.07) is 21.2. The van der Waals surface area contributed by atoms with E-state index in [2.05, 4.69) is 5.32 Å². The molecule has 4 rings (SSSR count). The molecule has 4 aromatic rings. The van der Waals surface area contributed by atoms with Crippen LogP contribution in [0.2, 0.25) is 0 Å². The summed E-state index contributed by atoms with van der Waals surface area (Å²) in [6.07, 6.45) is 0. The van der Waals surface area contributed by atoms with Crippen LogP contribution in [-0.4, -0.2) is 37.3 Å². The normalized spacial score (nSPS) is 12.2. The van der Waals surface area contributed by atoms with Gasteiger partial charge in [-0.15, -0.1) is 0 Å². The first-order valence-electron chi connectivity index (χ1n) is 12.0. The van der Waals surface area contributed by atoms with Gasteiger partial charge in [0.15, 0.2) is 11.5 Å². The summed E-state index contributed by atoms with van der Waals surface area (Å²) in [4.78, 5) is 27.7. The van der Waals surface area contributed by atoms with E-state index in [1.807, 2.05) is 81.4 Å². The number of nitrogens with zero attached hydrogens (tertiary/aromatic N) is 1. The van der Waals surface area contributed by atoms with Crippen LogP contribution in [0.4, 0.5) is 0 Å². The standard InChI is InChI=1S/C30H32N2O5/c1-30(2,3)31-29(34)26(20-15-11-8-12-16-20)32-22-18-23(35-4)27(36-5)28(37-6)25(22)21(17-24(32)33)19-13-9-7-10-14-19/h7-18,26H,1-6H3,(H,31,34). The van der Waals surface area contributed by atoms with Gasteiger partial charge in [0.1, 0.15) is 6.04 Å². The van der Waals surface area contributed by atoms with Gasteiger partial charge in [-0.2, -0.15) is 0 Å². The second kappa shape index (κ2) is 10.4. The average Bonchev–Trinajstić information content (AvgIpc) is 2.88. The summed E-state index contributed by atoms with van der Waals surface area (Å²) < 4.78 is 18.7. The van der Waals surface area contributed by atoms with Crippen molar-refractivity contribution in [1.82, 2.24) is 9.88 Å². The first-order chi connectivity index (χ1) is 17.7. The van der Waals surface area contributed by atoms with Gasteiger partial charge in [-0.1, -0.05) is 60.7 Å². The Morgan fingerprint density at radius 3 is 1.97 bits per heavy atom. The van der Waals surface area contributed by atoms with Gasteiger partial charge in [-0.05, 0) is 31.9 Å². The van der Waals surface area contributed by atoms with E-state index < -0.39 is 11.6 Å². The number of ether oxygens (including phenoxy) is 3. The Morgan fingerprint density at radius 1 is 0.838 bits per heavy atom. The number of hydrogen-bond donors (Lipinski definition) is 1. The van der Waals surface area contributed by atoms with Gasteiger partial charge in [-0.25, -0.2) is 0 Å². The summed E-state index contributed by atoms with van der Waals surface area (Å²) >= 11 is 0.